The van der Waals surface area contributed by atoms with Crippen LogP contribution in [0.25, 0.3) is 0 Å². The summed E-state index contributed by atoms with van der Waals surface area (Å²) in [5.41, 5.74) is 2.71. The second-order valence-corrected chi connectivity index (χ2v) is 9.15. The third kappa shape index (κ3) is 4.02. The minimum atomic E-state index is -3.35. The van der Waals surface area contributed by atoms with E-state index in [4.69, 9.17) is 0 Å². The standard InChI is InChI=1S/C23H19FN2O3S/c1-30(28,29)20-13-9-18(10-14-20)23(27)26-22(17-5-3-2-4-6-17)15-21(25-26)16-7-11-19(24)12-8-16/h2-14,22H,15H2,1H3. The molecule has 0 saturated carbocycles. The average molecular weight is 422 g/mol. The van der Waals surface area contributed by atoms with Crippen molar-refractivity contribution in [3.05, 3.63) is 101 Å². The van der Waals surface area contributed by atoms with Crippen molar-refractivity contribution < 1.29 is 17.6 Å². The highest BCUT2D eigenvalue weighted by Crippen LogP contribution is 2.34. The van der Waals surface area contributed by atoms with E-state index in [0.717, 1.165) is 17.4 Å². The molecule has 1 amide bonds. The highest BCUT2D eigenvalue weighted by Gasteiger charge is 2.33. The van der Waals surface area contributed by atoms with Crippen LogP contribution in [0.15, 0.2) is 88.9 Å². The second kappa shape index (κ2) is 7.84. The third-order valence-electron chi connectivity index (χ3n) is 5.01. The molecule has 1 atom stereocenters. The Morgan fingerprint density at radius 2 is 1.60 bits per heavy atom. The van der Waals surface area contributed by atoms with Crippen molar-refractivity contribution in [3.63, 3.8) is 0 Å². The highest BCUT2D eigenvalue weighted by atomic mass is 32.2. The third-order valence-corrected chi connectivity index (χ3v) is 6.14. The van der Waals surface area contributed by atoms with Gasteiger partial charge in [-0.25, -0.2) is 17.8 Å². The molecular weight excluding hydrogens is 403 g/mol. The Kier molecular flexibility index (Phi) is 5.22. The molecule has 30 heavy (non-hydrogen) atoms. The molecule has 1 heterocycles. The maximum absolute atomic E-state index is 13.3. The van der Waals surface area contributed by atoms with Crippen molar-refractivity contribution in [1.82, 2.24) is 5.01 Å². The number of hydrazone groups is 1. The lowest BCUT2D eigenvalue weighted by atomic mass is 9.98. The van der Waals surface area contributed by atoms with E-state index < -0.39 is 9.84 Å². The van der Waals surface area contributed by atoms with Crippen LogP contribution in [0.3, 0.4) is 0 Å². The maximum atomic E-state index is 13.3. The van der Waals surface area contributed by atoms with E-state index in [1.165, 1.54) is 41.4 Å². The van der Waals surface area contributed by atoms with E-state index in [1.54, 1.807) is 12.1 Å². The zero-order valence-electron chi connectivity index (χ0n) is 16.2. The molecule has 0 saturated heterocycles. The summed E-state index contributed by atoms with van der Waals surface area (Å²) in [6.45, 7) is 0. The zero-order chi connectivity index (χ0) is 21.3. The van der Waals surface area contributed by atoms with Crippen LogP contribution >= 0.6 is 0 Å². The SMILES string of the molecule is CS(=O)(=O)c1ccc(C(=O)N2N=C(c3ccc(F)cc3)CC2c2ccccc2)cc1. The number of rotatable bonds is 4. The lowest BCUT2D eigenvalue weighted by Crippen LogP contribution is -2.27. The molecule has 0 fully saturated rings. The van der Waals surface area contributed by atoms with Gasteiger partial charge in [0.05, 0.1) is 16.6 Å². The van der Waals surface area contributed by atoms with Gasteiger partial charge in [-0.1, -0.05) is 42.5 Å². The molecule has 4 rings (SSSR count). The van der Waals surface area contributed by atoms with Crippen molar-refractivity contribution in [2.75, 3.05) is 6.26 Å². The smallest absolute Gasteiger partial charge is 0.267 e. The molecule has 0 spiro atoms. The maximum Gasteiger partial charge on any atom is 0.274 e. The molecule has 0 aromatic heterocycles. The van der Waals surface area contributed by atoms with E-state index in [0.29, 0.717) is 17.7 Å². The minimum Gasteiger partial charge on any atom is -0.267 e. The molecule has 5 nitrogen and oxygen atoms in total. The molecule has 0 radical (unpaired) electrons. The van der Waals surface area contributed by atoms with Gasteiger partial charge in [-0.3, -0.25) is 4.79 Å². The van der Waals surface area contributed by atoms with Gasteiger partial charge < -0.3 is 0 Å². The lowest BCUT2D eigenvalue weighted by molar-refractivity contribution is 0.0711. The van der Waals surface area contributed by atoms with Crippen molar-refractivity contribution in [1.29, 1.82) is 0 Å². The highest BCUT2D eigenvalue weighted by molar-refractivity contribution is 7.90. The van der Waals surface area contributed by atoms with Crippen molar-refractivity contribution in [2.24, 2.45) is 5.10 Å². The van der Waals surface area contributed by atoms with Gasteiger partial charge >= 0.3 is 0 Å². The van der Waals surface area contributed by atoms with Crippen LogP contribution in [0.4, 0.5) is 4.39 Å². The number of benzene rings is 3. The Balaban J connectivity index is 1.70. The average Bonchev–Trinajstić information content (AvgIpc) is 3.19. The van der Waals surface area contributed by atoms with Crippen molar-refractivity contribution >= 4 is 21.5 Å². The predicted octanol–water partition coefficient (Wildman–Crippen LogP) is 4.22. The summed E-state index contributed by atoms with van der Waals surface area (Å²) in [6, 6.07) is 21.1. The first-order valence-electron chi connectivity index (χ1n) is 9.35. The van der Waals surface area contributed by atoms with Gasteiger partial charge in [-0.2, -0.15) is 5.10 Å². The summed E-state index contributed by atoms with van der Waals surface area (Å²) >= 11 is 0. The number of carbonyl (C=O) groups is 1. The van der Waals surface area contributed by atoms with E-state index in [2.05, 4.69) is 5.10 Å². The molecule has 1 aliphatic heterocycles. The molecule has 0 aliphatic carbocycles. The predicted molar refractivity (Wildman–Crippen MR) is 112 cm³/mol. The first-order valence-corrected chi connectivity index (χ1v) is 11.2. The van der Waals surface area contributed by atoms with Crippen LogP contribution in [0.2, 0.25) is 0 Å². The fourth-order valence-electron chi connectivity index (χ4n) is 3.43. The van der Waals surface area contributed by atoms with E-state index in [-0.39, 0.29) is 22.7 Å². The van der Waals surface area contributed by atoms with Gasteiger partial charge in [0.2, 0.25) is 0 Å². The quantitative estimate of drug-likeness (QED) is 0.632. The Hall–Kier alpha value is -3.32. The van der Waals surface area contributed by atoms with Gasteiger partial charge in [0, 0.05) is 18.2 Å². The molecular formula is C23H19FN2O3S. The minimum absolute atomic E-state index is 0.149. The summed E-state index contributed by atoms with van der Waals surface area (Å²) in [5, 5.41) is 5.97. The number of carbonyl (C=O) groups excluding carboxylic acids is 1. The van der Waals surface area contributed by atoms with Gasteiger partial charge in [0.25, 0.3) is 5.91 Å². The Morgan fingerprint density at radius 1 is 0.967 bits per heavy atom. The topological polar surface area (TPSA) is 66.8 Å². The molecule has 0 N–H and O–H groups in total. The number of halogens is 1. The zero-order valence-corrected chi connectivity index (χ0v) is 17.0. The Morgan fingerprint density at radius 3 is 2.20 bits per heavy atom. The van der Waals surface area contributed by atoms with Crippen LogP contribution in [-0.4, -0.2) is 31.3 Å². The first-order chi connectivity index (χ1) is 14.3. The second-order valence-electron chi connectivity index (χ2n) is 7.13. The molecule has 1 unspecified atom stereocenters. The number of hydrogen-bond donors (Lipinski definition) is 0. The Labute approximate surface area is 174 Å². The van der Waals surface area contributed by atoms with Gasteiger partial charge in [-0.05, 0) is 47.5 Å². The molecule has 7 heteroatoms. The van der Waals surface area contributed by atoms with Crippen LogP contribution in [-0.2, 0) is 9.84 Å². The molecule has 3 aromatic carbocycles. The Bertz CT molecular complexity index is 1210. The molecule has 3 aromatic rings. The summed E-state index contributed by atoms with van der Waals surface area (Å²) in [6.07, 6.45) is 1.61. The summed E-state index contributed by atoms with van der Waals surface area (Å²) in [5.74, 6) is -0.670. The largest absolute Gasteiger partial charge is 0.274 e. The van der Waals surface area contributed by atoms with Gasteiger partial charge in [0.15, 0.2) is 9.84 Å². The molecule has 0 bridgehead atoms. The number of sulfone groups is 1. The first kappa shape index (κ1) is 20.0. The van der Waals surface area contributed by atoms with E-state index in [1.807, 2.05) is 30.3 Å². The number of amides is 1. The summed E-state index contributed by atoms with van der Waals surface area (Å²) in [4.78, 5) is 13.4. The van der Waals surface area contributed by atoms with Gasteiger partial charge in [-0.15, -0.1) is 0 Å². The number of nitrogens with zero attached hydrogens (tertiary/aromatic N) is 2. The normalized spacial score (nSPS) is 16.4. The van der Waals surface area contributed by atoms with Crippen LogP contribution < -0.4 is 0 Å². The van der Waals surface area contributed by atoms with Crippen molar-refractivity contribution in [2.45, 2.75) is 17.4 Å². The van der Waals surface area contributed by atoms with Crippen LogP contribution in [0.5, 0.6) is 0 Å². The molecule has 152 valence electrons. The van der Waals surface area contributed by atoms with Crippen molar-refractivity contribution in [3.8, 4) is 0 Å². The number of hydrogen-bond acceptors (Lipinski definition) is 4. The fourth-order valence-corrected chi connectivity index (χ4v) is 4.06. The van der Waals surface area contributed by atoms with Crippen LogP contribution in [0, 0.1) is 5.82 Å². The monoisotopic (exact) mass is 422 g/mol. The van der Waals surface area contributed by atoms with Crippen LogP contribution in [0.1, 0.15) is 33.9 Å². The van der Waals surface area contributed by atoms with E-state index >= 15 is 0 Å². The van der Waals surface area contributed by atoms with Gasteiger partial charge in [0.1, 0.15) is 5.82 Å². The fraction of sp³-hybridized carbons (Fsp3) is 0.130. The lowest BCUT2D eigenvalue weighted by Gasteiger charge is -2.22. The molecule has 1 aliphatic rings. The summed E-state index contributed by atoms with van der Waals surface area (Å²) < 4.78 is 36.7. The van der Waals surface area contributed by atoms with E-state index in [9.17, 15) is 17.6 Å². The summed E-state index contributed by atoms with van der Waals surface area (Å²) in [7, 11) is -3.35.